The van der Waals surface area contributed by atoms with E-state index in [1.165, 1.54) is 6.07 Å². The first-order valence-corrected chi connectivity index (χ1v) is 6.70. The minimum atomic E-state index is -0.653. The quantitative estimate of drug-likeness (QED) is 0.901. The highest BCUT2D eigenvalue weighted by molar-refractivity contribution is 5.40. The number of hydrogen-bond donors (Lipinski definition) is 1. The van der Waals surface area contributed by atoms with E-state index in [0.717, 1.165) is 37.1 Å². The minimum Gasteiger partial charge on any atom is -0.389 e. The van der Waals surface area contributed by atoms with Crippen LogP contribution in [0.1, 0.15) is 42.8 Å². The number of fused-ring (bicyclic) bond motifs is 1. The number of aromatic nitrogens is 2. The third-order valence-electron chi connectivity index (χ3n) is 3.74. The first-order chi connectivity index (χ1) is 9.16. The molecule has 1 N–H and O–H groups in total. The molecule has 0 spiro atoms. The molecule has 1 heterocycles. The fourth-order valence-electron chi connectivity index (χ4n) is 2.66. The zero-order valence-electron chi connectivity index (χ0n) is 10.9. The Morgan fingerprint density at radius 3 is 2.84 bits per heavy atom. The van der Waals surface area contributed by atoms with Crippen LogP contribution in [0, 0.1) is 5.82 Å². The van der Waals surface area contributed by atoms with Crippen molar-refractivity contribution in [2.75, 3.05) is 0 Å². The van der Waals surface area contributed by atoms with Gasteiger partial charge in [-0.25, -0.2) is 9.37 Å². The molecule has 0 unspecified atom stereocenters. The number of nitrogens with zero attached hydrogens (tertiary/aromatic N) is 2. The maximum Gasteiger partial charge on any atom is 0.147 e. The van der Waals surface area contributed by atoms with E-state index < -0.39 is 6.10 Å². The molecule has 0 fully saturated rings. The second kappa shape index (κ2) is 4.78. The van der Waals surface area contributed by atoms with Gasteiger partial charge in [0, 0.05) is 5.69 Å². The molecule has 19 heavy (non-hydrogen) atoms. The smallest absolute Gasteiger partial charge is 0.147 e. The van der Waals surface area contributed by atoms with Crippen LogP contribution >= 0.6 is 0 Å². The fourth-order valence-corrected chi connectivity index (χ4v) is 2.66. The lowest BCUT2D eigenvalue weighted by molar-refractivity contribution is 0.199. The summed E-state index contributed by atoms with van der Waals surface area (Å²) in [6.45, 7) is 1.63. The number of aliphatic hydroxyl groups is 1. The maximum absolute atomic E-state index is 14.2. The highest BCUT2D eigenvalue weighted by atomic mass is 19.1. The van der Waals surface area contributed by atoms with Gasteiger partial charge in [0.05, 0.1) is 23.8 Å². The summed E-state index contributed by atoms with van der Waals surface area (Å²) in [5.41, 5.74) is 3.32. The van der Waals surface area contributed by atoms with Gasteiger partial charge in [-0.05, 0) is 50.3 Å². The first-order valence-electron chi connectivity index (χ1n) is 6.70. The highest BCUT2D eigenvalue weighted by Gasteiger charge is 2.18. The molecule has 0 saturated heterocycles. The van der Waals surface area contributed by atoms with Crippen molar-refractivity contribution in [1.82, 2.24) is 9.55 Å². The van der Waals surface area contributed by atoms with Gasteiger partial charge in [0.15, 0.2) is 0 Å². The molecule has 1 aromatic heterocycles. The van der Waals surface area contributed by atoms with E-state index in [-0.39, 0.29) is 5.82 Å². The Balaban J connectivity index is 2.05. The van der Waals surface area contributed by atoms with Gasteiger partial charge in [-0.15, -0.1) is 0 Å². The van der Waals surface area contributed by atoms with Crippen molar-refractivity contribution in [2.45, 2.75) is 38.7 Å². The molecule has 100 valence electrons. The van der Waals surface area contributed by atoms with Gasteiger partial charge in [0.1, 0.15) is 5.82 Å². The summed E-state index contributed by atoms with van der Waals surface area (Å²) in [6, 6.07) is 4.88. The summed E-state index contributed by atoms with van der Waals surface area (Å²) >= 11 is 0. The predicted molar refractivity (Wildman–Crippen MR) is 70.8 cm³/mol. The topological polar surface area (TPSA) is 38.0 Å². The lowest BCUT2D eigenvalue weighted by Crippen LogP contribution is -2.08. The second-order valence-corrected chi connectivity index (χ2v) is 5.10. The third kappa shape index (κ3) is 2.16. The van der Waals surface area contributed by atoms with Crippen LogP contribution in [0.5, 0.6) is 0 Å². The van der Waals surface area contributed by atoms with Crippen LogP contribution in [0.25, 0.3) is 5.69 Å². The number of benzene rings is 1. The van der Waals surface area contributed by atoms with Crippen LogP contribution in [0.15, 0.2) is 24.5 Å². The van der Waals surface area contributed by atoms with Crippen molar-refractivity contribution in [3.05, 3.63) is 47.3 Å². The Kier molecular flexibility index (Phi) is 3.11. The molecular weight excluding hydrogens is 243 g/mol. The number of halogens is 1. The van der Waals surface area contributed by atoms with E-state index >= 15 is 0 Å². The summed E-state index contributed by atoms with van der Waals surface area (Å²) in [4.78, 5) is 4.38. The number of aliphatic hydroxyl groups excluding tert-OH is 1. The normalized spacial score (nSPS) is 16.2. The molecule has 0 amide bonds. The zero-order chi connectivity index (χ0) is 13.4. The Morgan fingerprint density at radius 2 is 2.11 bits per heavy atom. The number of aryl methyl sites for hydroxylation is 1. The summed E-state index contributed by atoms with van der Waals surface area (Å²) in [6.07, 6.45) is 5.28. The molecule has 4 heteroatoms. The lowest BCUT2D eigenvalue weighted by Gasteiger charge is -2.15. The van der Waals surface area contributed by atoms with Gasteiger partial charge in [-0.3, -0.25) is 0 Å². The van der Waals surface area contributed by atoms with Crippen LogP contribution in [-0.2, 0) is 12.8 Å². The summed E-state index contributed by atoms with van der Waals surface area (Å²) < 4.78 is 16.0. The lowest BCUT2D eigenvalue weighted by atomic mass is 10.0. The maximum atomic E-state index is 14.2. The minimum absolute atomic E-state index is 0.316. The van der Waals surface area contributed by atoms with Crippen LogP contribution < -0.4 is 0 Å². The van der Waals surface area contributed by atoms with E-state index in [9.17, 15) is 9.50 Å². The van der Waals surface area contributed by atoms with Crippen molar-refractivity contribution in [3.8, 4) is 5.69 Å². The zero-order valence-corrected chi connectivity index (χ0v) is 10.9. The Hall–Kier alpha value is -1.68. The number of rotatable bonds is 2. The molecule has 1 aliphatic carbocycles. The van der Waals surface area contributed by atoms with Gasteiger partial charge < -0.3 is 9.67 Å². The average molecular weight is 260 g/mol. The van der Waals surface area contributed by atoms with Crippen molar-refractivity contribution in [2.24, 2.45) is 0 Å². The van der Waals surface area contributed by atoms with E-state index in [1.54, 1.807) is 25.4 Å². The molecule has 0 aliphatic heterocycles. The van der Waals surface area contributed by atoms with Gasteiger partial charge >= 0.3 is 0 Å². The van der Waals surface area contributed by atoms with E-state index in [4.69, 9.17) is 0 Å². The van der Waals surface area contributed by atoms with Crippen LogP contribution in [0.4, 0.5) is 4.39 Å². The fraction of sp³-hybridized carbons (Fsp3) is 0.400. The van der Waals surface area contributed by atoms with Crippen molar-refractivity contribution in [3.63, 3.8) is 0 Å². The Bertz CT molecular complexity index is 604. The largest absolute Gasteiger partial charge is 0.389 e. The van der Waals surface area contributed by atoms with Crippen molar-refractivity contribution < 1.29 is 9.50 Å². The van der Waals surface area contributed by atoms with Crippen LogP contribution in [-0.4, -0.2) is 14.7 Å². The predicted octanol–water partition coefficient (Wildman–Crippen LogP) is 2.94. The first kappa shape index (κ1) is 12.4. The third-order valence-corrected chi connectivity index (χ3v) is 3.74. The molecule has 2 aromatic rings. The Labute approximate surface area is 111 Å². The van der Waals surface area contributed by atoms with Gasteiger partial charge in [-0.2, -0.15) is 0 Å². The molecule has 0 radical (unpaired) electrons. The number of hydrogen-bond acceptors (Lipinski definition) is 2. The molecular formula is C15H17FN2O. The summed E-state index contributed by atoms with van der Waals surface area (Å²) in [5, 5.41) is 9.48. The SMILES string of the molecule is C[C@H](O)c1ccc(-n2cnc3c2CCCC3)c(F)c1. The van der Waals surface area contributed by atoms with E-state index in [0.29, 0.717) is 11.3 Å². The van der Waals surface area contributed by atoms with Gasteiger partial charge in [-0.1, -0.05) is 6.07 Å². The molecule has 0 saturated carbocycles. The average Bonchev–Trinajstić information content (AvgIpc) is 2.82. The molecule has 1 atom stereocenters. The molecule has 1 aliphatic rings. The molecule has 1 aromatic carbocycles. The van der Waals surface area contributed by atoms with Crippen LogP contribution in [0.2, 0.25) is 0 Å². The van der Waals surface area contributed by atoms with E-state index in [1.807, 2.05) is 4.57 Å². The molecule has 0 bridgehead atoms. The van der Waals surface area contributed by atoms with Gasteiger partial charge in [0.25, 0.3) is 0 Å². The molecule has 3 rings (SSSR count). The number of imidazole rings is 1. The van der Waals surface area contributed by atoms with Crippen molar-refractivity contribution >= 4 is 0 Å². The van der Waals surface area contributed by atoms with E-state index in [2.05, 4.69) is 4.98 Å². The Morgan fingerprint density at radius 1 is 1.32 bits per heavy atom. The van der Waals surface area contributed by atoms with Crippen LogP contribution in [0.3, 0.4) is 0 Å². The van der Waals surface area contributed by atoms with Gasteiger partial charge in [0.2, 0.25) is 0 Å². The van der Waals surface area contributed by atoms with Crippen molar-refractivity contribution in [1.29, 1.82) is 0 Å². The highest BCUT2D eigenvalue weighted by Crippen LogP contribution is 2.25. The second-order valence-electron chi connectivity index (χ2n) is 5.10. The summed E-state index contributed by atoms with van der Waals surface area (Å²) in [5.74, 6) is -0.316. The summed E-state index contributed by atoms with van der Waals surface area (Å²) in [7, 11) is 0. The standard InChI is InChI=1S/C15H17FN2O/c1-10(19)11-6-7-14(12(16)8-11)18-9-17-13-4-2-3-5-15(13)18/h6-10,19H,2-5H2,1H3/t10-/m0/s1. The monoisotopic (exact) mass is 260 g/mol. The molecule has 3 nitrogen and oxygen atoms in total.